The van der Waals surface area contributed by atoms with Crippen LogP contribution in [-0.4, -0.2) is 30.2 Å². The van der Waals surface area contributed by atoms with Crippen LogP contribution in [0.2, 0.25) is 0 Å². The number of cyclic esters (lactones) is 2. The Bertz CT molecular complexity index is 944. The Morgan fingerprint density at radius 2 is 1.69 bits per heavy atom. The van der Waals surface area contributed by atoms with Gasteiger partial charge in [0.05, 0.1) is 0 Å². The molecule has 0 spiro atoms. The van der Waals surface area contributed by atoms with Gasteiger partial charge in [0.15, 0.2) is 5.57 Å². The highest BCUT2D eigenvalue weighted by atomic mass is 16.7. The Labute approximate surface area is 168 Å². The van der Waals surface area contributed by atoms with Gasteiger partial charge in [0.25, 0.3) is 11.7 Å². The molecule has 1 amide bonds. The van der Waals surface area contributed by atoms with E-state index >= 15 is 0 Å². The van der Waals surface area contributed by atoms with E-state index in [0.717, 1.165) is 5.69 Å². The second-order valence-corrected chi connectivity index (χ2v) is 6.85. The third-order valence-electron chi connectivity index (χ3n) is 4.24. The fourth-order valence-corrected chi connectivity index (χ4v) is 2.88. The van der Waals surface area contributed by atoms with Crippen LogP contribution in [0.4, 0.5) is 11.4 Å². The van der Waals surface area contributed by atoms with E-state index in [2.05, 4.69) is 5.32 Å². The standard InChI is InChI=1S/C22H22N2O5/c1-4-24(17-11-6-5-7-12-17)19(25)15-9-8-10-16(13-15)23-14-18-20(26)28-22(2,3)29-21(18)27/h5-14,23H,4H2,1-3H3. The van der Waals surface area contributed by atoms with E-state index in [1.807, 2.05) is 37.3 Å². The zero-order chi connectivity index (χ0) is 21.0. The highest BCUT2D eigenvalue weighted by Gasteiger charge is 2.38. The number of carbonyl (C=O) groups excluding carboxylic acids is 3. The Morgan fingerprint density at radius 3 is 2.31 bits per heavy atom. The quantitative estimate of drug-likeness (QED) is 0.475. The first kappa shape index (κ1) is 20.1. The SMILES string of the molecule is CCN(C(=O)c1cccc(NC=C2C(=O)OC(C)(C)OC2=O)c1)c1ccccc1. The van der Waals surface area contributed by atoms with Gasteiger partial charge in [-0.15, -0.1) is 0 Å². The Morgan fingerprint density at radius 1 is 1.03 bits per heavy atom. The number of hydrogen-bond acceptors (Lipinski definition) is 6. The monoisotopic (exact) mass is 394 g/mol. The van der Waals surface area contributed by atoms with Crippen molar-refractivity contribution in [3.8, 4) is 0 Å². The van der Waals surface area contributed by atoms with Crippen LogP contribution < -0.4 is 10.2 Å². The lowest BCUT2D eigenvalue weighted by molar-refractivity contribution is -0.222. The average Bonchev–Trinajstić information content (AvgIpc) is 2.68. The van der Waals surface area contributed by atoms with Gasteiger partial charge >= 0.3 is 11.9 Å². The number of esters is 2. The van der Waals surface area contributed by atoms with E-state index in [1.165, 1.54) is 20.0 Å². The molecule has 2 aromatic carbocycles. The van der Waals surface area contributed by atoms with Crippen molar-refractivity contribution in [1.29, 1.82) is 0 Å². The Balaban J connectivity index is 1.78. The lowest BCUT2D eigenvalue weighted by atomic mass is 10.1. The smallest absolute Gasteiger partial charge is 0.350 e. The van der Waals surface area contributed by atoms with E-state index in [-0.39, 0.29) is 11.5 Å². The predicted molar refractivity (Wildman–Crippen MR) is 108 cm³/mol. The average molecular weight is 394 g/mol. The van der Waals surface area contributed by atoms with Crippen LogP contribution in [0.3, 0.4) is 0 Å². The highest BCUT2D eigenvalue weighted by molar-refractivity contribution is 6.15. The second-order valence-electron chi connectivity index (χ2n) is 6.85. The molecule has 1 aliphatic heterocycles. The van der Waals surface area contributed by atoms with Crippen LogP contribution >= 0.6 is 0 Å². The zero-order valence-corrected chi connectivity index (χ0v) is 16.5. The van der Waals surface area contributed by atoms with Crippen molar-refractivity contribution in [3.63, 3.8) is 0 Å². The number of nitrogens with zero attached hydrogens (tertiary/aromatic N) is 1. The zero-order valence-electron chi connectivity index (χ0n) is 16.5. The van der Waals surface area contributed by atoms with Crippen molar-refractivity contribution in [3.05, 3.63) is 71.9 Å². The summed E-state index contributed by atoms with van der Waals surface area (Å²) in [5, 5.41) is 2.86. The molecule has 0 aliphatic carbocycles. The maximum atomic E-state index is 12.9. The van der Waals surface area contributed by atoms with Crippen molar-refractivity contribution >= 4 is 29.2 Å². The van der Waals surface area contributed by atoms with Crippen molar-refractivity contribution < 1.29 is 23.9 Å². The summed E-state index contributed by atoms with van der Waals surface area (Å²) in [6.07, 6.45) is 1.22. The van der Waals surface area contributed by atoms with Gasteiger partial charge in [-0.2, -0.15) is 0 Å². The summed E-state index contributed by atoms with van der Waals surface area (Å²) in [6.45, 7) is 5.37. The van der Waals surface area contributed by atoms with E-state index < -0.39 is 17.7 Å². The Kier molecular flexibility index (Phi) is 5.68. The summed E-state index contributed by atoms with van der Waals surface area (Å²) >= 11 is 0. The predicted octanol–water partition coefficient (Wildman–Crippen LogP) is 3.49. The number of hydrogen-bond donors (Lipinski definition) is 1. The molecule has 0 atom stereocenters. The van der Waals surface area contributed by atoms with Crippen molar-refractivity contribution in [1.82, 2.24) is 0 Å². The number of carbonyl (C=O) groups is 3. The van der Waals surface area contributed by atoms with Gasteiger partial charge in [-0.3, -0.25) is 4.79 Å². The van der Waals surface area contributed by atoms with Crippen LogP contribution in [0.15, 0.2) is 66.4 Å². The molecule has 0 unspecified atom stereocenters. The fourth-order valence-electron chi connectivity index (χ4n) is 2.88. The molecule has 0 bridgehead atoms. The van der Waals surface area contributed by atoms with Crippen molar-refractivity contribution in [2.75, 3.05) is 16.8 Å². The van der Waals surface area contributed by atoms with E-state index in [4.69, 9.17) is 9.47 Å². The Hall–Kier alpha value is -3.61. The molecule has 7 heteroatoms. The highest BCUT2D eigenvalue weighted by Crippen LogP contribution is 2.23. The number of ether oxygens (including phenoxy) is 2. The summed E-state index contributed by atoms with van der Waals surface area (Å²) in [4.78, 5) is 38.6. The molecule has 0 radical (unpaired) electrons. The maximum Gasteiger partial charge on any atom is 0.350 e. The molecule has 0 aromatic heterocycles. The lowest BCUT2D eigenvalue weighted by Crippen LogP contribution is -2.42. The molecule has 7 nitrogen and oxygen atoms in total. The first-order chi connectivity index (χ1) is 13.8. The fraction of sp³-hybridized carbons (Fsp3) is 0.227. The van der Waals surface area contributed by atoms with Gasteiger partial charge < -0.3 is 19.7 Å². The van der Waals surface area contributed by atoms with Crippen LogP contribution in [0, 0.1) is 0 Å². The van der Waals surface area contributed by atoms with Crippen molar-refractivity contribution in [2.24, 2.45) is 0 Å². The molecule has 1 N–H and O–H groups in total. The number of benzene rings is 2. The molecular formula is C22H22N2O5. The third-order valence-corrected chi connectivity index (χ3v) is 4.24. The van der Waals surface area contributed by atoms with Gasteiger partial charge in [-0.1, -0.05) is 24.3 Å². The molecule has 29 heavy (non-hydrogen) atoms. The van der Waals surface area contributed by atoms with Crippen LogP contribution in [0.5, 0.6) is 0 Å². The molecule has 2 aromatic rings. The van der Waals surface area contributed by atoms with Gasteiger partial charge in [-0.05, 0) is 37.3 Å². The summed E-state index contributed by atoms with van der Waals surface area (Å²) in [6, 6.07) is 16.2. The van der Waals surface area contributed by atoms with Gasteiger partial charge in [0, 0.05) is 43.5 Å². The molecule has 3 rings (SSSR count). The second kappa shape index (κ2) is 8.18. The summed E-state index contributed by atoms with van der Waals surface area (Å²) in [5.41, 5.74) is 1.56. The molecule has 1 saturated heterocycles. The lowest BCUT2D eigenvalue weighted by Gasteiger charge is -2.29. The number of rotatable bonds is 5. The number of amides is 1. The molecule has 150 valence electrons. The molecule has 0 saturated carbocycles. The minimum absolute atomic E-state index is 0.159. The molecular weight excluding hydrogens is 372 g/mol. The first-order valence-corrected chi connectivity index (χ1v) is 9.21. The number of anilines is 2. The molecule has 1 aliphatic rings. The molecule has 1 heterocycles. The summed E-state index contributed by atoms with van der Waals surface area (Å²) < 4.78 is 10.1. The van der Waals surface area contributed by atoms with E-state index in [1.54, 1.807) is 29.2 Å². The summed E-state index contributed by atoms with van der Waals surface area (Å²) in [7, 11) is 0. The normalized spacial score (nSPS) is 15.2. The van der Waals surface area contributed by atoms with Crippen LogP contribution in [-0.2, 0) is 19.1 Å². The minimum Gasteiger partial charge on any atom is -0.419 e. The topological polar surface area (TPSA) is 84.9 Å². The third kappa shape index (κ3) is 4.63. The van der Waals surface area contributed by atoms with E-state index in [9.17, 15) is 14.4 Å². The number of para-hydroxylation sites is 1. The van der Waals surface area contributed by atoms with Gasteiger partial charge in [0.1, 0.15) is 0 Å². The van der Waals surface area contributed by atoms with Gasteiger partial charge in [-0.25, -0.2) is 9.59 Å². The first-order valence-electron chi connectivity index (χ1n) is 9.21. The maximum absolute atomic E-state index is 12.9. The molecule has 1 fully saturated rings. The van der Waals surface area contributed by atoms with Gasteiger partial charge in [0.2, 0.25) is 0 Å². The van der Waals surface area contributed by atoms with Crippen LogP contribution in [0.1, 0.15) is 31.1 Å². The number of nitrogens with one attached hydrogen (secondary N) is 1. The minimum atomic E-state index is -1.29. The van der Waals surface area contributed by atoms with Crippen molar-refractivity contribution in [2.45, 2.75) is 26.6 Å². The largest absolute Gasteiger partial charge is 0.419 e. The van der Waals surface area contributed by atoms with Crippen LogP contribution in [0.25, 0.3) is 0 Å². The van der Waals surface area contributed by atoms with E-state index in [0.29, 0.717) is 17.8 Å². The summed E-state index contributed by atoms with van der Waals surface area (Å²) in [5.74, 6) is -2.99.